The average molecular weight is 266 g/mol. The van der Waals surface area contributed by atoms with E-state index in [1.807, 2.05) is 6.07 Å². The van der Waals surface area contributed by atoms with E-state index in [0.717, 1.165) is 29.7 Å². The van der Waals surface area contributed by atoms with E-state index in [0.29, 0.717) is 6.04 Å². The molecule has 4 heteroatoms. The summed E-state index contributed by atoms with van der Waals surface area (Å²) in [6.45, 7) is 7.07. The lowest BCUT2D eigenvalue weighted by Crippen LogP contribution is -2.35. The molecular formula is C14H19FN2S. The van der Waals surface area contributed by atoms with Gasteiger partial charge in [-0.3, -0.25) is 0 Å². The zero-order chi connectivity index (χ0) is 13.0. The first-order chi connectivity index (χ1) is 8.69. The number of likely N-dealkylation sites (N-methyl/N-ethyl adjacent to an activating group) is 1. The molecule has 2 aromatic rings. The maximum atomic E-state index is 13.1. The van der Waals surface area contributed by atoms with Gasteiger partial charge in [0.15, 0.2) is 0 Å². The van der Waals surface area contributed by atoms with Crippen molar-refractivity contribution in [3.63, 3.8) is 0 Å². The summed E-state index contributed by atoms with van der Waals surface area (Å²) in [6, 6.07) is 7.53. The van der Waals surface area contributed by atoms with Crippen molar-refractivity contribution in [3.05, 3.63) is 35.0 Å². The number of nitrogens with one attached hydrogen (secondary N) is 2. The van der Waals surface area contributed by atoms with E-state index in [-0.39, 0.29) is 5.82 Å². The third-order valence-electron chi connectivity index (χ3n) is 2.86. The largest absolute Gasteiger partial charge is 0.315 e. The molecule has 2 nitrogen and oxygen atoms in total. The Morgan fingerprint density at radius 1 is 1.33 bits per heavy atom. The topological polar surface area (TPSA) is 24.1 Å². The van der Waals surface area contributed by atoms with Gasteiger partial charge < -0.3 is 10.6 Å². The van der Waals surface area contributed by atoms with Crippen LogP contribution in [0.4, 0.5) is 4.39 Å². The van der Waals surface area contributed by atoms with Crippen molar-refractivity contribution in [1.29, 1.82) is 0 Å². The Morgan fingerprint density at radius 2 is 2.17 bits per heavy atom. The van der Waals surface area contributed by atoms with Crippen molar-refractivity contribution in [2.75, 3.05) is 13.1 Å². The number of hydrogen-bond acceptors (Lipinski definition) is 3. The quantitative estimate of drug-likeness (QED) is 0.839. The van der Waals surface area contributed by atoms with Gasteiger partial charge in [-0.05, 0) is 37.1 Å². The highest BCUT2D eigenvalue weighted by molar-refractivity contribution is 7.19. The van der Waals surface area contributed by atoms with Gasteiger partial charge in [-0.15, -0.1) is 11.3 Å². The summed E-state index contributed by atoms with van der Waals surface area (Å²) < 4.78 is 14.1. The van der Waals surface area contributed by atoms with E-state index in [4.69, 9.17) is 0 Å². The highest BCUT2D eigenvalue weighted by Crippen LogP contribution is 2.26. The molecule has 1 aromatic carbocycles. The van der Waals surface area contributed by atoms with Gasteiger partial charge in [-0.1, -0.05) is 13.0 Å². The van der Waals surface area contributed by atoms with Crippen molar-refractivity contribution in [2.45, 2.75) is 26.4 Å². The van der Waals surface area contributed by atoms with Crippen molar-refractivity contribution in [1.82, 2.24) is 10.6 Å². The van der Waals surface area contributed by atoms with E-state index in [2.05, 4.69) is 30.5 Å². The van der Waals surface area contributed by atoms with Crippen molar-refractivity contribution >= 4 is 21.4 Å². The number of fused-ring (bicyclic) bond motifs is 1. The van der Waals surface area contributed by atoms with Crippen molar-refractivity contribution in [3.8, 4) is 0 Å². The minimum atomic E-state index is -0.163. The fourth-order valence-electron chi connectivity index (χ4n) is 1.85. The van der Waals surface area contributed by atoms with Gasteiger partial charge in [0.25, 0.3) is 0 Å². The lowest BCUT2D eigenvalue weighted by molar-refractivity contribution is 0.511. The van der Waals surface area contributed by atoms with Gasteiger partial charge in [0, 0.05) is 28.7 Å². The van der Waals surface area contributed by atoms with E-state index in [9.17, 15) is 4.39 Å². The number of thiophene rings is 1. The van der Waals surface area contributed by atoms with Gasteiger partial charge in [0.05, 0.1) is 0 Å². The molecule has 1 unspecified atom stereocenters. The summed E-state index contributed by atoms with van der Waals surface area (Å²) in [5.74, 6) is -0.163. The standard InChI is InChI=1S/C14H19FN2S/c1-3-16-8-10(2)17-9-13-6-11-4-5-12(15)7-14(11)18-13/h4-7,10,16-17H,3,8-9H2,1-2H3. The molecule has 1 aromatic heterocycles. The zero-order valence-electron chi connectivity index (χ0n) is 10.8. The highest BCUT2D eigenvalue weighted by atomic mass is 32.1. The normalized spacial score (nSPS) is 13.1. The molecule has 0 saturated carbocycles. The molecule has 0 fully saturated rings. The first-order valence-corrected chi connectivity index (χ1v) is 7.12. The summed E-state index contributed by atoms with van der Waals surface area (Å²) in [4.78, 5) is 1.25. The number of benzene rings is 1. The Labute approximate surface area is 111 Å². The summed E-state index contributed by atoms with van der Waals surface area (Å²) in [7, 11) is 0. The SMILES string of the molecule is CCNCC(C)NCc1cc2ccc(F)cc2s1. The molecule has 0 saturated heterocycles. The van der Waals surface area contributed by atoms with E-state index in [1.54, 1.807) is 17.4 Å². The maximum absolute atomic E-state index is 13.1. The lowest BCUT2D eigenvalue weighted by Gasteiger charge is -2.12. The van der Waals surface area contributed by atoms with Crippen LogP contribution in [0.15, 0.2) is 24.3 Å². The fourth-order valence-corrected chi connectivity index (χ4v) is 2.90. The predicted octanol–water partition coefficient (Wildman–Crippen LogP) is 3.13. The number of rotatable bonds is 6. The molecule has 18 heavy (non-hydrogen) atoms. The Kier molecular flexibility index (Phi) is 4.69. The van der Waals surface area contributed by atoms with Crippen LogP contribution in [0.25, 0.3) is 10.1 Å². The van der Waals surface area contributed by atoms with Crippen LogP contribution in [-0.2, 0) is 6.54 Å². The summed E-state index contributed by atoms with van der Waals surface area (Å²) in [5, 5.41) is 7.90. The van der Waals surface area contributed by atoms with Crippen LogP contribution in [0.2, 0.25) is 0 Å². The van der Waals surface area contributed by atoms with Crippen LogP contribution in [0.5, 0.6) is 0 Å². The molecule has 1 heterocycles. The Hall–Kier alpha value is -0.970. The molecule has 0 bridgehead atoms. The molecule has 0 radical (unpaired) electrons. The second kappa shape index (κ2) is 6.27. The molecule has 0 aliphatic heterocycles. The number of hydrogen-bond donors (Lipinski definition) is 2. The Balaban J connectivity index is 1.95. The molecule has 2 N–H and O–H groups in total. The van der Waals surface area contributed by atoms with E-state index < -0.39 is 0 Å². The van der Waals surface area contributed by atoms with Crippen LogP contribution in [0, 0.1) is 5.82 Å². The van der Waals surface area contributed by atoms with Gasteiger partial charge in [-0.25, -0.2) is 4.39 Å². The first kappa shape index (κ1) is 13.5. The smallest absolute Gasteiger partial charge is 0.124 e. The van der Waals surface area contributed by atoms with Gasteiger partial charge in [0.2, 0.25) is 0 Å². The minimum Gasteiger partial charge on any atom is -0.315 e. The average Bonchev–Trinajstić information content (AvgIpc) is 2.75. The Morgan fingerprint density at radius 3 is 2.94 bits per heavy atom. The van der Waals surface area contributed by atoms with Gasteiger partial charge in [0.1, 0.15) is 5.82 Å². The van der Waals surface area contributed by atoms with Gasteiger partial charge in [-0.2, -0.15) is 0 Å². The molecule has 98 valence electrons. The molecule has 2 rings (SSSR count). The molecular weight excluding hydrogens is 247 g/mol. The Bertz CT molecular complexity index is 509. The minimum absolute atomic E-state index is 0.163. The van der Waals surface area contributed by atoms with Crippen LogP contribution in [0.1, 0.15) is 18.7 Å². The summed E-state index contributed by atoms with van der Waals surface area (Å²) in [6.07, 6.45) is 0. The highest BCUT2D eigenvalue weighted by Gasteiger charge is 2.05. The van der Waals surface area contributed by atoms with Crippen LogP contribution in [-0.4, -0.2) is 19.1 Å². The second-order valence-electron chi connectivity index (χ2n) is 4.48. The van der Waals surface area contributed by atoms with E-state index in [1.165, 1.54) is 10.9 Å². The lowest BCUT2D eigenvalue weighted by atomic mass is 10.2. The molecule has 0 aliphatic carbocycles. The second-order valence-corrected chi connectivity index (χ2v) is 5.65. The summed E-state index contributed by atoms with van der Waals surface area (Å²) >= 11 is 1.65. The molecule has 0 aliphatic rings. The van der Waals surface area contributed by atoms with Crippen LogP contribution >= 0.6 is 11.3 Å². The van der Waals surface area contributed by atoms with Crippen LogP contribution in [0.3, 0.4) is 0 Å². The molecule has 1 atom stereocenters. The third kappa shape index (κ3) is 3.51. The summed E-state index contributed by atoms with van der Waals surface area (Å²) in [5.41, 5.74) is 0. The van der Waals surface area contributed by atoms with Crippen LogP contribution < -0.4 is 10.6 Å². The predicted molar refractivity (Wildman–Crippen MR) is 76.6 cm³/mol. The van der Waals surface area contributed by atoms with Crippen molar-refractivity contribution in [2.24, 2.45) is 0 Å². The molecule has 0 spiro atoms. The van der Waals surface area contributed by atoms with Crippen molar-refractivity contribution < 1.29 is 4.39 Å². The molecule has 0 amide bonds. The third-order valence-corrected chi connectivity index (χ3v) is 3.96. The monoisotopic (exact) mass is 266 g/mol. The van der Waals surface area contributed by atoms with E-state index >= 15 is 0 Å². The number of halogens is 1. The van der Waals surface area contributed by atoms with Gasteiger partial charge >= 0.3 is 0 Å². The maximum Gasteiger partial charge on any atom is 0.124 e. The fraction of sp³-hybridized carbons (Fsp3) is 0.429. The zero-order valence-corrected chi connectivity index (χ0v) is 11.6. The first-order valence-electron chi connectivity index (χ1n) is 6.31.